The zero-order valence-corrected chi connectivity index (χ0v) is 16.3. The molecule has 1 aromatic carbocycles. The van der Waals surface area contributed by atoms with Crippen molar-refractivity contribution in [3.63, 3.8) is 0 Å². The van der Waals surface area contributed by atoms with Crippen molar-refractivity contribution in [3.05, 3.63) is 66.0 Å². The third kappa shape index (κ3) is 3.39. The Hall–Kier alpha value is -2.20. The zero-order chi connectivity index (χ0) is 18.9. The van der Waals surface area contributed by atoms with Crippen LogP contribution >= 0.6 is 0 Å². The minimum absolute atomic E-state index is 0.0776. The van der Waals surface area contributed by atoms with E-state index in [-0.39, 0.29) is 17.4 Å². The van der Waals surface area contributed by atoms with Gasteiger partial charge in [0.1, 0.15) is 0 Å². The van der Waals surface area contributed by atoms with Crippen molar-refractivity contribution in [2.75, 3.05) is 13.1 Å². The number of carbonyl (C=O) groups is 1. The van der Waals surface area contributed by atoms with Crippen LogP contribution in [0.3, 0.4) is 0 Å². The molecule has 2 atom stereocenters. The number of fused-ring (bicyclic) bond motifs is 1. The van der Waals surface area contributed by atoms with E-state index >= 15 is 0 Å². The van der Waals surface area contributed by atoms with Crippen molar-refractivity contribution in [1.29, 1.82) is 0 Å². The van der Waals surface area contributed by atoms with Crippen molar-refractivity contribution in [2.45, 2.75) is 57.2 Å². The number of amides is 1. The number of aromatic nitrogens is 1. The van der Waals surface area contributed by atoms with Gasteiger partial charge in [-0.2, -0.15) is 0 Å². The number of rotatable bonds is 4. The Bertz CT molecular complexity index is 777. The fraction of sp³-hybridized carbons (Fsp3) is 0.478. The molecule has 4 nitrogen and oxygen atoms in total. The van der Waals surface area contributed by atoms with Gasteiger partial charge in [0, 0.05) is 49.4 Å². The van der Waals surface area contributed by atoms with Gasteiger partial charge in [-0.25, -0.2) is 0 Å². The lowest BCUT2D eigenvalue weighted by molar-refractivity contribution is -0.132. The highest BCUT2D eigenvalue weighted by molar-refractivity contribution is 5.78. The van der Waals surface area contributed by atoms with Crippen LogP contribution < -0.4 is 0 Å². The molecule has 0 aliphatic carbocycles. The largest absolute Gasteiger partial charge is 0.338 e. The van der Waals surface area contributed by atoms with E-state index in [9.17, 15) is 4.79 Å². The molecule has 4 rings (SSSR count). The first-order valence-corrected chi connectivity index (χ1v) is 10.1. The van der Waals surface area contributed by atoms with Crippen LogP contribution in [0.25, 0.3) is 0 Å². The highest BCUT2D eigenvalue weighted by Gasteiger charge is 2.51. The van der Waals surface area contributed by atoms with E-state index in [4.69, 9.17) is 0 Å². The quantitative estimate of drug-likeness (QED) is 0.832. The van der Waals surface area contributed by atoms with Gasteiger partial charge in [0.05, 0.1) is 0 Å². The molecule has 1 amide bonds. The summed E-state index contributed by atoms with van der Waals surface area (Å²) in [4.78, 5) is 21.9. The topological polar surface area (TPSA) is 36.4 Å². The standard InChI is InChI=1S/C23H29N3O/c1-18(2)26-15-11-23(20-6-4-3-5-7-20)10-14-25(22(27)16-21(23)26)17-19-8-12-24-13-9-19/h3-9,12-13,18,21H,10-11,14-17H2,1-2H3. The van der Waals surface area contributed by atoms with Crippen molar-refractivity contribution in [3.8, 4) is 0 Å². The molecule has 1 aromatic heterocycles. The number of carbonyl (C=O) groups excluding carboxylic acids is 1. The van der Waals surface area contributed by atoms with Crippen LogP contribution in [0.1, 0.15) is 44.2 Å². The lowest BCUT2D eigenvalue weighted by Crippen LogP contribution is -2.45. The molecular weight excluding hydrogens is 334 g/mol. The monoisotopic (exact) mass is 363 g/mol. The predicted molar refractivity (Wildman–Crippen MR) is 107 cm³/mol. The van der Waals surface area contributed by atoms with E-state index in [1.807, 2.05) is 12.1 Å². The maximum Gasteiger partial charge on any atom is 0.224 e. The van der Waals surface area contributed by atoms with E-state index in [0.29, 0.717) is 19.0 Å². The highest BCUT2D eigenvalue weighted by atomic mass is 16.2. The van der Waals surface area contributed by atoms with Crippen molar-refractivity contribution in [2.24, 2.45) is 0 Å². The number of hydrogen-bond acceptors (Lipinski definition) is 3. The number of pyridine rings is 1. The summed E-state index contributed by atoms with van der Waals surface area (Å²) < 4.78 is 0. The van der Waals surface area contributed by atoms with Gasteiger partial charge in [0.25, 0.3) is 0 Å². The molecule has 0 spiro atoms. The molecule has 4 heteroatoms. The zero-order valence-electron chi connectivity index (χ0n) is 16.3. The first kappa shape index (κ1) is 18.2. The smallest absolute Gasteiger partial charge is 0.224 e. The summed E-state index contributed by atoms with van der Waals surface area (Å²) in [5, 5.41) is 0. The lowest BCUT2D eigenvalue weighted by atomic mass is 9.71. The van der Waals surface area contributed by atoms with E-state index < -0.39 is 0 Å². The molecule has 0 radical (unpaired) electrons. The second-order valence-electron chi connectivity index (χ2n) is 8.24. The Morgan fingerprint density at radius 2 is 1.78 bits per heavy atom. The normalized spacial score (nSPS) is 26.3. The lowest BCUT2D eigenvalue weighted by Gasteiger charge is -2.38. The minimum Gasteiger partial charge on any atom is -0.338 e. The van der Waals surface area contributed by atoms with Crippen LogP contribution in [0.5, 0.6) is 0 Å². The van der Waals surface area contributed by atoms with Crippen molar-refractivity contribution in [1.82, 2.24) is 14.8 Å². The maximum atomic E-state index is 13.2. The Kier molecular flexibility index (Phi) is 5.00. The number of benzene rings is 1. The van der Waals surface area contributed by atoms with Gasteiger partial charge in [0.15, 0.2) is 0 Å². The van der Waals surface area contributed by atoms with E-state index in [1.165, 1.54) is 5.56 Å². The highest BCUT2D eigenvalue weighted by Crippen LogP contribution is 2.46. The fourth-order valence-electron chi connectivity index (χ4n) is 5.07. The minimum atomic E-state index is 0.0776. The van der Waals surface area contributed by atoms with Gasteiger partial charge in [-0.05, 0) is 56.5 Å². The Balaban J connectivity index is 1.65. The van der Waals surface area contributed by atoms with Gasteiger partial charge in [-0.1, -0.05) is 30.3 Å². The SMILES string of the molecule is CC(C)N1CCC2(c3ccccc3)CCN(Cc3ccncc3)C(=O)CC12. The van der Waals surface area contributed by atoms with Crippen LogP contribution in [0, 0.1) is 0 Å². The van der Waals surface area contributed by atoms with Gasteiger partial charge in [-0.15, -0.1) is 0 Å². The molecule has 27 heavy (non-hydrogen) atoms. The summed E-state index contributed by atoms with van der Waals surface area (Å²) in [6.07, 6.45) is 6.38. The predicted octanol–water partition coefficient (Wildman–Crippen LogP) is 3.62. The molecule has 2 aromatic rings. The number of likely N-dealkylation sites (tertiary alicyclic amines) is 2. The van der Waals surface area contributed by atoms with Gasteiger partial charge >= 0.3 is 0 Å². The van der Waals surface area contributed by atoms with Gasteiger partial charge in [0.2, 0.25) is 5.91 Å². The summed E-state index contributed by atoms with van der Waals surface area (Å²) >= 11 is 0. The first-order chi connectivity index (χ1) is 13.1. The Morgan fingerprint density at radius 3 is 2.48 bits per heavy atom. The second kappa shape index (κ2) is 7.43. The second-order valence-corrected chi connectivity index (χ2v) is 8.24. The van der Waals surface area contributed by atoms with Crippen LogP contribution in [0.15, 0.2) is 54.9 Å². The van der Waals surface area contributed by atoms with Crippen LogP contribution in [0.2, 0.25) is 0 Å². The Labute approximate surface area is 162 Å². The average Bonchev–Trinajstić information content (AvgIpc) is 2.99. The maximum absolute atomic E-state index is 13.2. The first-order valence-electron chi connectivity index (χ1n) is 10.1. The molecule has 2 unspecified atom stereocenters. The van der Waals surface area contributed by atoms with Crippen LogP contribution in [0.4, 0.5) is 0 Å². The summed E-state index contributed by atoms with van der Waals surface area (Å²) in [5.41, 5.74) is 2.63. The molecule has 0 N–H and O–H groups in total. The van der Waals surface area contributed by atoms with E-state index in [1.54, 1.807) is 12.4 Å². The summed E-state index contributed by atoms with van der Waals surface area (Å²) in [6, 6.07) is 15.6. The summed E-state index contributed by atoms with van der Waals surface area (Å²) in [7, 11) is 0. The average molecular weight is 364 g/mol. The Morgan fingerprint density at radius 1 is 1.07 bits per heavy atom. The van der Waals surface area contributed by atoms with Gasteiger partial charge < -0.3 is 4.90 Å². The fourth-order valence-corrected chi connectivity index (χ4v) is 5.07. The molecule has 0 saturated carbocycles. The van der Waals surface area contributed by atoms with Crippen molar-refractivity contribution < 1.29 is 4.79 Å². The third-order valence-electron chi connectivity index (χ3n) is 6.54. The molecule has 142 valence electrons. The molecule has 0 bridgehead atoms. The van der Waals surface area contributed by atoms with Crippen molar-refractivity contribution >= 4 is 5.91 Å². The molecule has 2 aliphatic heterocycles. The molecule has 2 saturated heterocycles. The summed E-state index contributed by atoms with van der Waals surface area (Å²) in [5.74, 6) is 0.280. The molecule has 2 fully saturated rings. The molecule has 2 aliphatic rings. The van der Waals surface area contributed by atoms with E-state index in [2.05, 4.69) is 59.0 Å². The number of nitrogens with zero attached hydrogens (tertiary/aromatic N) is 3. The van der Waals surface area contributed by atoms with Crippen LogP contribution in [-0.2, 0) is 16.8 Å². The summed E-state index contributed by atoms with van der Waals surface area (Å²) in [6.45, 7) is 7.09. The molecule has 3 heterocycles. The van der Waals surface area contributed by atoms with Crippen LogP contribution in [-0.4, -0.2) is 45.9 Å². The molecular formula is C23H29N3O. The number of hydrogen-bond donors (Lipinski definition) is 0. The van der Waals surface area contributed by atoms with E-state index in [0.717, 1.165) is 31.5 Å². The van der Waals surface area contributed by atoms with Gasteiger partial charge in [-0.3, -0.25) is 14.7 Å². The third-order valence-corrected chi connectivity index (χ3v) is 6.54.